The van der Waals surface area contributed by atoms with E-state index in [4.69, 9.17) is 0 Å². The number of amides is 2. The fraction of sp³-hybridized carbons (Fsp3) is 0.375. The second kappa shape index (κ2) is 7.07. The van der Waals surface area contributed by atoms with Crippen molar-refractivity contribution in [3.05, 3.63) is 44.8 Å². The van der Waals surface area contributed by atoms with Gasteiger partial charge < -0.3 is 9.80 Å². The van der Waals surface area contributed by atoms with Gasteiger partial charge in [-0.05, 0) is 29.3 Å². The minimum absolute atomic E-state index is 0.0776. The van der Waals surface area contributed by atoms with E-state index in [1.165, 1.54) is 11.3 Å². The highest BCUT2D eigenvalue weighted by Crippen LogP contribution is 2.14. The van der Waals surface area contributed by atoms with Crippen molar-refractivity contribution < 1.29 is 9.59 Å². The number of thiophene rings is 2. The lowest BCUT2D eigenvalue weighted by Crippen LogP contribution is -2.37. The molecule has 0 spiro atoms. The van der Waals surface area contributed by atoms with Crippen molar-refractivity contribution >= 4 is 34.5 Å². The predicted molar refractivity (Wildman–Crippen MR) is 89.4 cm³/mol. The molecule has 1 saturated heterocycles. The molecule has 0 unspecified atom stereocenters. The van der Waals surface area contributed by atoms with Crippen molar-refractivity contribution in [3.8, 4) is 0 Å². The molecule has 1 aliphatic heterocycles. The third-order valence-electron chi connectivity index (χ3n) is 3.81. The molecule has 116 valence electrons. The second-order valence-electron chi connectivity index (χ2n) is 5.29. The van der Waals surface area contributed by atoms with Crippen LogP contribution < -0.4 is 0 Å². The first-order chi connectivity index (χ1) is 10.7. The maximum Gasteiger partial charge on any atom is 0.254 e. The summed E-state index contributed by atoms with van der Waals surface area (Å²) in [7, 11) is 0. The first-order valence-electron chi connectivity index (χ1n) is 7.35. The highest BCUT2D eigenvalue weighted by atomic mass is 32.1. The molecule has 0 aliphatic carbocycles. The quantitative estimate of drug-likeness (QED) is 0.866. The Morgan fingerprint density at radius 3 is 2.59 bits per heavy atom. The van der Waals surface area contributed by atoms with Crippen LogP contribution >= 0.6 is 22.7 Å². The van der Waals surface area contributed by atoms with E-state index in [1.54, 1.807) is 11.3 Å². The standard InChI is InChI=1S/C16H18N2O2S2/c19-15(11-14-3-1-9-22-14)17-5-2-6-18(8-7-17)16(20)13-4-10-21-12-13/h1,3-4,9-10,12H,2,5-8,11H2. The van der Waals surface area contributed by atoms with Crippen LogP contribution in [0.5, 0.6) is 0 Å². The van der Waals surface area contributed by atoms with Gasteiger partial charge in [0.15, 0.2) is 0 Å². The third-order valence-corrected chi connectivity index (χ3v) is 5.37. The van der Waals surface area contributed by atoms with Gasteiger partial charge in [0.1, 0.15) is 0 Å². The van der Waals surface area contributed by atoms with Crippen molar-refractivity contribution in [2.24, 2.45) is 0 Å². The molecule has 0 saturated carbocycles. The summed E-state index contributed by atoms with van der Waals surface area (Å²) in [6, 6.07) is 5.82. The van der Waals surface area contributed by atoms with Gasteiger partial charge in [-0.25, -0.2) is 0 Å². The van der Waals surface area contributed by atoms with Gasteiger partial charge in [0.2, 0.25) is 5.91 Å². The Labute approximate surface area is 138 Å². The molecule has 0 N–H and O–H groups in total. The second-order valence-corrected chi connectivity index (χ2v) is 7.11. The Bertz CT molecular complexity index is 623. The minimum atomic E-state index is 0.0776. The Morgan fingerprint density at radius 1 is 1.05 bits per heavy atom. The summed E-state index contributed by atoms with van der Waals surface area (Å²) in [5.41, 5.74) is 0.753. The highest BCUT2D eigenvalue weighted by Gasteiger charge is 2.23. The van der Waals surface area contributed by atoms with Crippen molar-refractivity contribution in [2.45, 2.75) is 12.8 Å². The summed E-state index contributed by atoms with van der Waals surface area (Å²) >= 11 is 3.15. The maximum absolute atomic E-state index is 12.4. The predicted octanol–water partition coefficient (Wildman–Crippen LogP) is 2.73. The van der Waals surface area contributed by atoms with Crippen LogP contribution in [0.25, 0.3) is 0 Å². The van der Waals surface area contributed by atoms with E-state index in [0.717, 1.165) is 30.0 Å². The van der Waals surface area contributed by atoms with Gasteiger partial charge in [-0.15, -0.1) is 11.3 Å². The summed E-state index contributed by atoms with van der Waals surface area (Å²) in [5, 5.41) is 5.79. The largest absolute Gasteiger partial charge is 0.341 e. The smallest absolute Gasteiger partial charge is 0.254 e. The summed E-state index contributed by atoms with van der Waals surface area (Å²) in [6.07, 6.45) is 1.31. The van der Waals surface area contributed by atoms with Crippen LogP contribution in [0.2, 0.25) is 0 Å². The van der Waals surface area contributed by atoms with Gasteiger partial charge >= 0.3 is 0 Å². The molecular formula is C16H18N2O2S2. The molecule has 2 aromatic rings. The fourth-order valence-electron chi connectivity index (χ4n) is 2.61. The monoisotopic (exact) mass is 334 g/mol. The van der Waals surface area contributed by atoms with Gasteiger partial charge in [-0.3, -0.25) is 9.59 Å². The first kappa shape index (κ1) is 15.2. The molecule has 0 radical (unpaired) electrons. The first-order valence-corrected chi connectivity index (χ1v) is 9.18. The topological polar surface area (TPSA) is 40.6 Å². The summed E-state index contributed by atoms with van der Waals surface area (Å²) in [5.74, 6) is 0.237. The van der Waals surface area contributed by atoms with Crippen LogP contribution in [0.4, 0.5) is 0 Å². The molecule has 0 atom stereocenters. The van der Waals surface area contributed by atoms with E-state index < -0.39 is 0 Å². The number of hydrogen-bond acceptors (Lipinski definition) is 4. The number of hydrogen-bond donors (Lipinski definition) is 0. The van der Waals surface area contributed by atoms with Crippen LogP contribution in [-0.2, 0) is 11.2 Å². The molecule has 2 amide bonds. The maximum atomic E-state index is 12.4. The molecule has 0 aromatic carbocycles. The van der Waals surface area contributed by atoms with Gasteiger partial charge in [-0.1, -0.05) is 6.07 Å². The molecule has 22 heavy (non-hydrogen) atoms. The van der Waals surface area contributed by atoms with Gasteiger partial charge in [0, 0.05) is 36.4 Å². The van der Waals surface area contributed by atoms with Crippen molar-refractivity contribution in [1.29, 1.82) is 0 Å². The molecular weight excluding hydrogens is 316 g/mol. The number of carbonyl (C=O) groups excluding carboxylic acids is 2. The van der Waals surface area contributed by atoms with E-state index in [9.17, 15) is 9.59 Å². The van der Waals surface area contributed by atoms with Crippen LogP contribution in [0.1, 0.15) is 21.7 Å². The van der Waals surface area contributed by atoms with Crippen LogP contribution in [-0.4, -0.2) is 47.8 Å². The molecule has 0 bridgehead atoms. The van der Waals surface area contributed by atoms with Crippen molar-refractivity contribution in [1.82, 2.24) is 9.80 Å². The summed E-state index contributed by atoms with van der Waals surface area (Å²) in [6.45, 7) is 2.69. The summed E-state index contributed by atoms with van der Waals surface area (Å²) in [4.78, 5) is 29.6. The zero-order chi connectivity index (χ0) is 15.4. The Morgan fingerprint density at radius 2 is 1.86 bits per heavy atom. The van der Waals surface area contributed by atoms with Crippen molar-refractivity contribution in [2.75, 3.05) is 26.2 Å². The highest BCUT2D eigenvalue weighted by molar-refractivity contribution is 7.10. The third kappa shape index (κ3) is 3.56. The zero-order valence-electron chi connectivity index (χ0n) is 12.2. The Hall–Kier alpha value is -1.66. The molecule has 2 aromatic heterocycles. The van der Waals surface area contributed by atoms with Crippen molar-refractivity contribution in [3.63, 3.8) is 0 Å². The Kier molecular flexibility index (Phi) is 4.90. The van der Waals surface area contributed by atoms with Crippen LogP contribution in [0.3, 0.4) is 0 Å². The van der Waals surface area contributed by atoms with E-state index >= 15 is 0 Å². The molecule has 1 aliphatic rings. The summed E-state index contributed by atoms with van der Waals surface area (Å²) < 4.78 is 0. The van der Waals surface area contributed by atoms with E-state index in [-0.39, 0.29) is 11.8 Å². The minimum Gasteiger partial charge on any atom is -0.341 e. The van der Waals surface area contributed by atoms with Gasteiger partial charge in [-0.2, -0.15) is 11.3 Å². The number of carbonyl (C=O) groups is 2. The van der Waals surface area contributed by atoms with Crippen LogP contribution in [0, 0.1) is 0 Å². The zero-order valence-corrected chi connectivity index (χ0v) is 13.9. The molecule has 3 heterocycles. The molecule has 4 nitrogen and oxygen atoms in total. The lowest BCUT2D eigenvalue weighted by Gasteiger charge is -2.22. The normalized spacial score (nSPS) is 15.6. The van der Waals surface area contributed by atoms with Gasteiger partial charge in [0.05, 0.1) is 12.0 Å². The van der Waals surface area contributed by atoms with E-state index in [2.05, 4.69) is 0 Å². The average molecular weight is 334 g/mol. The average Bonchev–Trinajstić information content (AvgIpc) is 3.16. The molecule has 1 fully saturated rings. The fourth-order valence-corrected chi connectivity index (χ4v) is 3.94. The molecule has 3 rings (SSSR count). The number of rotatable bonds is 3. The lowest BCUT2D eigenvalue weighted by molar-refractivity contribution is -0.130. The van der Waals surface area contributed by atoms with E-state index in [0.29, 0.717) is 19.5 Å². The Balaban J connectivity index is 1.57. The number of nitrogens with zero attached hydrogens (tertiary/aromatic N) is 2. The SMILES string of the molecule is O=C(Cc1cccs1)N1CCCN(C(=O)c2ccsc2)CC1. The van der Waals surface area contributed by atoms with E-state index in [1.807, 2.05) is 44.1 Å². The molecule has 6 heteroatoms. The van der Waals surface area contributed by atoms with Gasteiger partial charge in [0.25, 0.3) is 5.91 Å². The lowest BCUT2D eigenvalue weighted by atomic mass is 10.3. The van der Waals surface area contributed by atoms with Crippen LogP contribution in [0.15, 0.2) is 34.3 Å².